The molecule has 7 heteroatoms. The van der Waals surface area contributed by atoms with Gasteiger partial charge in [-0.05, 0) is 42.0 Å². The molecule has 0 fully saturated rings. The molecule has 5 nitrogen and oxygen atoms in total. The van der Waals surface area contributed by atoms with E-state index < -0.39 is 5.82 Å². The van der Waals surface area contributed by atoms with Crippen molar-refractivity contribution < 1.29 is 4.39 Å². The predicted molar refractivity (Wildman–Crippen MR) is 118 cm³/mol. The predicted octanol–water partition coefficient (Wildman–Crippen LogP) is 5.47. The molecule has 148 valence electrons. The van der Waals surface area contributed by atoms with Crippen LogP contribution in [-0.4, -0.2) is 15.0 Å². The maximum atomic E-state index is 13.8. The Kier molecular flexibility index (Phi) is 4.46. The normalized spacial score (nSPS) is 11.0. The van der Waals surface area contributed by atoms with Crippen LogP contribution >= 0.6 is 11.6 Å². The van der Waals surface area contributed by atoms with Gasteiger partial charge in [-0.3, -0.25) is 9.78 Å². The molecule has 3 aromatic heterocycles. The second kappa shape index (κ2) is 7.31. The van der Waals surface area contributed by atoms with Crippen LogP contribution in [0.25, 0.3) is 44.3 Å². The fraction of sp³-hybridized carbons (Fsp3) is 0. The van der Waals surface area contributed by atoms with Crippen LogP contribution in [0.1, 0.15) is 5.56 Å². The zero-order valence-electron chi connectivity index (χ0n) is 15.9. The highest BCUT2D eigenvalue weighted by Gasteiger charge is 2.16. The van der Waals surface area contributed by atoms with Gasteiger partial charge in [0.25, 0.3) is 0 Å². The van der Waals surface area contributed by atoms with Gasteiger partial charge in [-0.2, -0.15) is 5.26 Å². The summed E-state index contributed by atoms with van der Waals surface area (Å²) in [5.41, 5.74) is 3.75. The van der Waals surface area contributed by atoms with Gasteiger partial charge in [-0.15, -0.1) is 0 Å². The third-order valence-corrected chi connectivity index (χ3v) is 5.31. The third kappa shape index (κ3) is 3.31. The van der Waals surface area contributed by atoms with Gasteiger partial charge in [-0.1, -0.05) is 23.7 Å². The van der Waals surface area contributed by atoms with E-state index in [0.717, 1.165) is 6.20 Å². The summed E-state index contributed by atoms with van der Waals surface area (Å²) in [5.74, 6) is -0.476. The Morgan fingerprint density at radius 2 is 1.94 bits per heavy atom. The fourth-order valence-corrected chi connectivity index (χ4v) is 3.88. The summed E-state index contributed by atoms with van der Waals surface area (Å²) < 4.78 is 13.8. The molecule has 0 radical (unpaired) electrons. The number of aromatic amines is 1. The Labute approximate surface area is 180 Å². The van der Waals surface area contributed by atoms with Crippen LogP contribution in [0.15, 0.2) is 71.8 Å². The Hall–Kier alpha value is -4.08. The number of fused-ring (bicyclic) bond motifs is 2. The molecule has 0 saturated carbocycles. The first-order chi connectivity index (χ1) is 15.0. The largest absolute Gasteiger partial charge is 0.346 e. The van der Waals surface area contributed by atoms with E-state index in [1.807, 2.05) is 6.07 Å². The van der Waals surface area contributed by atoms with Gasteiger partial charge in [0.2, 0.25) is 0 Å². The first-order valence-electron chi connectivity index (χ1n) is 9.31. The van der Waals surface area contributed by atoms with Gasteiger partial charge in [0.15, 0.2) is 5.43 Å². The molecule has 0 atom stereocenters. The summed E-state index contributed by atoms with van der Waals surface area (Å²) in [6.45, 7) is 0. The van der Waals surface area contributed by atoms with Crippen LogP contribution in [0.3, 0.4) is 0 Å². The average molecular weight is 427 g/mol. The number of hydrogen-bond donors (Lipinski definition) is 1. The molecule has 5 rings (SSSR count). The quantitative estimate of drug-likeness (QED) is 0.405. The number of halogens is 2. The molecule has 3 heterocycles. The van der Waals surface area contributed by atoms with Gasteiger partial charge in [-0.25, -0.2) is 9.37 Å². The van der Waals surface area contributed by atoms with Crippen LogP contribution in [-0.2, 0) is 0 Å². The van der Waals surface area contributed by atoms with E-state index in [-0.39, 0.29) is 5.43 Å². The van der Waals surface area contributed by atoms with Crippen molar-refractivity contribution in [2.75, 3.05) is 0 Å². The first-order valence-corrected chi connectivity index (χ1v) is 9.69. The van der Waals surface area contributed by atoms with E-state index in [4.69, 9.17) is 11.6 Å². The van der Waals surface area contributed by atoms with Crippen LogP contribution < -0.4 is 5.43 Å². The van der Waals surface area contributed by atoms with Crippen molar-refractivity contribution in [2.45, 2.75) is 0 Å². The van der Waals surface area contributed by atoms with E-state index in [1.54, 1.807) is 36.4 Å². The lowest BCUT2D eigenvalue weighted by Crippen LogP contribution is -2.03. The molecule has 0 unspecified atom stereocenters. The number of hydrogen-bond acceptors (Lipinski definition) is 4. The Balaban J connectivity index is 1.87. The van der Waals surface area contributed by atoms with Crippen molar-refractivity contribution in [2.24, 2.45) is 0 Å². The number of pyridine rings is 3. The van der Waals surface area contributed by atoms with Crippen molar-refractivity contribution >= 4 is 33.5 Å². The lowest BCUT2D eigenvalue weighted by Gasteiger charge is -2.13. The number of aromatic nitrogens is 3. The van der Waals surface area contributed by atoms with Gasteiger partial charge in [0.1, 0.15) is 11.5 Å². The Morgan fingerprint density at radius 1 is 1.06 bits per heavy atom. The van der Waals surface area contributed by atoms with Crippen LogP contribution in [0.2, 0.25) is 5.02 Å². The van der Waals surface area contributed by atoms with Crippen molar-refractivity contribution in [3.8, 4) is 28.5 Å². The Morgan fingerprint density at radius 3 is 2.77 bits per heavy atom. The lowest BCUT2D eigenvalue weighted by atomic mass is 9.96. The minimum absolute atomic E-state index is 0.181. The third-order valence-electron chi connectivity index (χ3n) is 5.02. The average Bonchev–Trinajstić information content (AvgIpc) is 2.78. The topological polar surface area (TPSA) is 82.4 Å². The molecule has 0 amide bonds. The molecule has 5 aromatic rings. The second-order valence-corrected chi connectivity index (χ2v) is 7.41. The molecule has 0 spiro atoms. The summed E-state index contributed by atoms with van der Waals surface area (Å²) >= 11 is 6.44. The smallest absolute Gasteiger partial charge is 0.191 e. The highest BCUT2D eigenvalue weighted by atomic mass is 35.5. The number of H-pyrrole nitrogens is 1. The molecular weight excluding hydrogens is 415 g/mol. The highest BCUT2D eigenvalue weighted by Crippen LogP contribution is 2.36. The zero-order valence-corrected chi connectivity index (χ0v) is 16.6. The van der Waals surface area contributed by atoms with Crippen molar-refractivity contribution in [3.05, 3.63) is 93.6 Å². The lowest BCUT2D eigenvalue weighted by molar-refractivity contribution is 0.624. The summed E-state index contributed by atoms with van der Waals surface area (Å²) in [5, 5.41) is 10.6. The first kappa shape index (κ1) is 18.9. The van der Waals surface area contributed by atoms with Crippen molar-refractivity contribution in [1.29, 1.82) is 5.26 Å². The van der Waals surface area contributed by atoms with E-state index in [9.17, 15) is 14.4 Å². The van der Waals surface area contributed by atoms with Gasteiger partial charge in [0, 0.05) is 28.8 Å². The van der Waals surface area contributed by atoms with Gasteiger partial charge in [0.05, 0.1) is 39.4 Å². The number of nitrogens with one attached hydrogen (secondary N) is 1. The summed E-state index contributed by atoms with van der Waals surface area (Å²) in [6.07, 6.45) is 2.65. The maximum absolute atomic E-state index is 13.8. The van der Waals surface area contributed by atoms with Crippen LogP contribution in [0, 0.1) is 17.1 Å². The molecule has 0 aliphatic carbocycles. The molecule has 31 heavy (non-hydrogen) atoms. The number of nitrogens with zero attached hydrogens (tertiary/aromatic N) is 3. The van der Waals surface area contributed by atoms with E-state index in [2.05, 4.69) is 21.0 Å². The van der Waals surface area contributed by atoms with Gasteiger partial charge < -0.3 is 4.98 Å². The van der Waals surface area contributed by atoms with Crippen molar-refractivity contribution in [1.82, 2.24) is 15.0 Å². The monoisotopic (exact) mass is 426 g/mol. The number of rotatable bonds is 2. The minimum atomic E-state index is -0.476. The minimum Gasteiger partial charge on any atom is -0.346 e. The SMILES string of the molecule is N#Cc1cccc(-c2nc3[nH]ccc(=O)c3cc2-c2cc(Cl)c3ncc(F)cc3c2)c1. The molecule has 1 N–H and O–H groups in total. The molecule has 0 saturated heterocycles. The van der Waals surface area contributed by atoms with E-state index in [1.165, 1.54) is 18.3 Å². The standard InChI is InChI=1S/C24H12ClFN4O/c25-20-9-15(7-16-8-17(26)12-29-23(16)20)18-10-19-21(31)4-5-28-24(19)30-22(18)14-3-1-2-13(6-14)11-27/h1-10,12H,(H,28,30,31). The van der Waals surface area contributed by atoms with E-state index in [0.29, 0.717) is 54.9 Å². The summed E-state index contributed by atoms with van der Waals surface area (Å²) in [7, 11) is 0. The molecule has 0 aliphatic heterocycles. The zero-order chi connectivity index (χ0) is 21.5. The summed E-state index contributed by atoms with van der Waals surface area (Å²) in [4.78, 5) is 24.2. The second-order valence-electron chi connectivity index (χ2n) is 7.00. The van der Waals surface area contributed by atoms with Crippen LogP contribution in [0.5, 0.6) is 0 Å². The summed E-state index contributed by atoms with van der Waals surface area (Å²) in [6, 6.07) is 17.1. The van der Waals surface area contributed by atoms with Gasteiger partial charge >= 0.3 is 0 Å². The van der Waals surface area contributed by atoms with Crippen LogP contribution in [0.4, 0.5) is 4.39 Å². The molecule has 2 aromatic carbocycles. The number of nitriles is 1. The maximum Gasteiger partial charge on any atom is 0.191 e. The fourth-order valence-electron chi connectivity index (χ4n) is 3.61. The molecular formula is C24H12ClFN4O. The number of benzene rings is 2. The van der Waals surface area contributed by atoms with E-state index >= 15 is 0 Å². The molecule has 0 aliphatic rings. The Bertz CT molecular complexity index is 1600. The molecule has 0 bridgehead atoms. The highest BCUT2D eigenvalue weighted by molar-refractivity contribution is 6.35. The van der Waals surface area contributed by atoms with Crippen molar-refractivity contribution in [3.63, 3.8) is 0 Å².